The van der Waals surface area contributed by atoms with E-state index in [-0.39, 0.29) is 17.7 Å². The smallest absolute Gasteiger partial charge is 0.135 e. The molecule has 0 aliphatic heterocycles. The molecule has 29 heavy (non-hydrogen) atoms. The largest absolute Gasteiger partial charge is 0.823 e. The lowest BCUT2D eigenvalue weighted by molar-refractivity contribution is -0.207. The highest BCUT2D eigenvalue weighted by Crippen LogP contribution is 2.27. The molecule has 2 aromatic carbocycles. The van der Waals surface area contributed by atoms with E-state index in [0.29, 0.717) is 8.20 Å². The van der Waals surface area contributed by atoms with Crippen LogP contribution < -0.4 is 19.9 Å². The minimum atomic E-state index is 0.0722. The third-order valence-corrected chi connectivity index (χ3v) is 6.58. The van der Waals surface area contributed by atoms with Gasteiger partial charge < -0.3 is 14.6 Å². The summed E-state index contributed by atoms with van der Waals surface area (Å²) in [5.74, 6) is 1.51. The monoisotopic (exact) mass is 413 g/mol. The van der Waals surface area contributed by atoms with Crippen LogP contribution in [0.2, 0.25) is 0 Å². The van der Waals surface area contributed by atoms with Crippen molar-refractivity contribution in [3.8, 4) is 11.5 Å². The van der Waals surface area contributed by atoms with Gasteiger partial charge in [0, 0.05) is 11.4 Å². The maximum atomic E-state index is 13.2. The van der Waals surface area contributed by atoms with Gasteiger partial charge in [-0.05, 0) is 94.3 Å². The predicted octanol–water partition coefficient (Wildman–Crippen LogP) is 5.38. The predicted molar refractivity (Wildman–Crippen MR) is 123 cm³/mol. The molecule has 0 saturated heterocycles. The van der Waals surface area contributed by atoms with E-state index in [0.717, 1.165) is 46.3 Å². The average Bonchev–Trinajstić information content (AvgIpc) is 2.67. The van der Waals surface area contributed by atoms with Crippen LogP contribution in [0.15, 0.2) is 24.3 Å². The summed E-state index contributed by atoms with van der Waals surface area (Å²) >= 11 is 0. The molecule has 0 aliphatic carbocycles. The zero-order valence-electron chi connectivity index (χ0n) is 19.1. The fraction of sp³-hybridized carbons (Fsp3) is 0.480. The van der Waals surface area contributed by atoms with E-state index in [1.807, 2.05) is 39.0 Å². The van der Waals surface area contributed by atoms with E-state index in [1.165, 1.54) is 11.1 Å². The zero-order valence-corrected chi connectivity index (χ0v) is 19.9. The highest BCUT2D eigenvalue weighted by molar-refractivity contribution is 7.49. The molecule has 0 N–H and O–H groups in total. The molecule has 0 spiro atoms. The molecule has 2 unspecified atom stereocenters. The Morgan fingerprint density at radius 1 is 0.897 bits per heavy atom. The van der Waals surface area contributed by atoms with Gasteiger partial charge in [-0.3, -0.25) is 0 Å². The van der Waals surface area contributed by atoms with Crippen molar-refractivity contribution in [1.29, 1.82) is 0 Å². The molecule has 2 aromatic rings. The first-order valence-corrected chi connectivity index (χ1v) is 11.4. The van der Waals surface area contributed by atoms with Gasteiger partial charge >= 0.3 is 0 Å². The van der Waals surface area contributed by atoms with Gasteiger partial charge in [0.25, 0.3) is 0 Å². The fourth-order valence-electron chi connectivity index (χ4n) is 3.15. The summed E-state index contributed by atoms with van der Waals surface area (Å²) < 4.78 is 12.1. The van der Waals surface area contributed by atoms with Crippen molar-refractivity contribution in [3.05, 3.63) is 52.1 Å². The van der Waals surface area contributed by atoms with Gasteiger partial charge in [-0.15, -0.1) is 5.48 Å². The maximum Gasteiger partial charge on any atom is 0.135 e. The van der Waals surface area contributed by atoms with Crippen LogP contribution >= 0.6 is 8.20 Å². The summed E-state index contributed by atoms with van der Waals surface area (Å²) in [5.41, 5.74) is 5.44. The molecule has 0 amide bonds. The number of benzene rings is 2. The van der Waals surface area contributed by atoms with E-state index in [9.17, 15) is 5.11 Å². The molecule has 0 fully saturated rings. The first kappa shape index (κ1) is 23.4. The Balaban J connectivity index is 2.51. The van der Waals surface area contributed by atoms with Crippen LogP contribution in [0.1, 0.15) is 68.4 Å². The zero-order chi connectivity index (χ0) is 21.7. The second-order valence-electron chi connectivity index (χ2n) is 7.86. The SMILES string of the molecule is CCC(C)Oc1ccc(P=C([O-])c2c(C)cc(C)c(C)c2C)c(OC(C)CC)c1. The minimum Gasteiger partial charge on any atom is -0.823 e. The number of hydrogen-bond acceptors (Lipinski definition) is 3. The average molecular weight is 414 g/mol. The van der Waals surface area contributed by atoms with Crippen LogP contribution in [0.3, 0.4) is 0 Å². The summed E-state index contributed by atoms with van der Waals surface area (Å²) in [6.45, 7) is 16.5. The molecule has 0 heterocycles. The van der Waals surface area contributed by atoms with Crippen LogP contribution in [0.5, 0.6) is 11.5 Å². The molecule has 2 rings (SSSR count). The van der Waals surface area contributed by atoms with Crippen LogP contribution in [0.25, 0.3) is 0 Å². The van der Waals surface area contributed by atoms with E-state index >= 15 is 0 Å². The molecule has 4 heteroatoms. The molecule has 0 aromatic heterocycles. The van der Waals surface area contributed by atoms with Crippen LogP contribution in [-0.2, 0) is 0 Å². The topological polar surface area (TPSA) is 41.5 Å². The summed E-state index contributed by atoms with van der Waals surface area (Å²) in [5, 5.41) is 14.1. The van der Waals surface area contributed by atoms with Crippen molar-refractivity contribution in [2.24, 2.45) is 0 Å². The van der Waals surface area contributed by atoms with Gasteiger partial charge in [0.05, 0.1) is 12.2 Å². The van der Waals surface area contributed by atoms with Crippen molar-refractivity contribution < 1.29 is 14.6 Å². The Morgan fingerprint density at radius 3 is 2.14 bits per heavy atom. The van der Waals surface area contributed by atoms with Crippen LogP contribution in [0.4, 0.5) is 0 Å². The molecule has 3 nitrogen and oxygen atoms in total. The summed E-state index contributed by atoms with van der Waals surface area (Å²) in [4.78, 5) is 0. The Kier molecular flexibility index (Phi) is 8.31. The molecular weight excluding hydrogens is 379 g/mol. The lowest BCUT2D eigenvalue weighted by Crippen LogP contribution is -2.22. The maximum absolute atomic E-state index is 13.2. The van der Waals surface area contributed by atoms with E-state index in [2.05, 4.69) is 40.7 Å². The van der Waals surface area contributed by atoms with Gasteiger partial charge in [-0.2, -0.15) is 0 Å². The first-order valence-electron chi connectivity index (χ1n) is 10.5. The van der Waals surface area contributed by atoms with Crippen LogP contribution in [0, 0.1) is 27.7 Å². The number of rotatable bonds is 8. The quantitative estimate of drug-likeness (QED) is 0.545. The Bertz CT molecular complexity index is 886. The molecular formula is C25H34O3P-. The lowest BCUT2D eigenvalue weighted by Gasteiger charge is -2.22. The Hall–Kier alpha value is -1.83. The third-order valence-electron chi connectivity index (χ3n) is 5.54. The van der Waals surface area contributed by atoms with E-state index < -0.39 is 0 Å². The van der Waals surface area contributed by atoms with Crippen LogP contribution in [-0.4, -0.2) is 17.7 Å². The Morgan fingerprint density at radius 2 is 1.52 bits per heavy atom. The molecule has 2 atom stereocenters. The Labute approximate surface area is 177 Å². The first-order chi connectivity index (χ1) is 13.7. The second kappa shape index (κ2) is 10.3. The lowest BCUT2D eigenvalue weighted by atomic mass is 9.95. The molecule has 158 valence electrons. The summed E-state index contributed by atoms with van der Waals surface area (Å²) in [6, 6.07) is 7.92. The number of aryl methyl sites for hydroxylation is 2. The van der Waals surface area contributed by atoms with Crippen molar-refractivity contribution in [3.63, 3.8) is 0 Å². The van der Waals surface area contributed by atoms with E-state index in [4.69, 9.17) is 9.47 Å². The standard InChI is InChI=1S/C25H35O3P/c1-9-17(5)27-21-11-12-23(22(14-21)28-18(6)10-2)29-25(26)24-16(4)13-15(3)19(7)20(24)8/h11-14,17-18,26H,9-10H2,1-8H3/p-1. The van der Waals surface area contributed by atoms with Gasteiger partial charge in [0.2, 0.25) is 0 Å². The highest BCUT2D eigenvalue weighted by Gasteiger charge is 2.12. The summed E-state index contributed by atoms with van der Waals surface area (Å²) in [7, 11) is 0.624. The van der Waals surface area contributed by atoms with Gasteiger partial charge in [0.15, 0.2) is 0 Å². The fourth-order valence-corrected chi connectivity index (χ4v) is 4.20. The summed E-state index contributed by atoms with van der Waals surface area (Å²) in [6.07, 6.45) is 2.04. The highest BCUT2D eigenvalue weighted by atomic mass is 31.1. The minimum absolute atomic E-state index is 0.0722. The normalized spacial score (nSPS) is 13.9. The van der Waals surface area contributed by atoms with Crippen molar-refractivity contribution in [2.75, 3.05) is 0 Å². The number of ether oxygens (including phenoxy) is 2. The number of hydrogen-bond donors (Lipinski definition) is 0. The van der Waals surface area contributed by atoms with E-state index in [1.54, 1.807) is 0 Å². The molecule has 0 aliphatic rings. The second-order valence-corrected chi connectivity index (χ2v) is 8.97. The third kappa shape index (κ3) is 5.84. The molecule has 0 saturated carbocycles. The van der Waals surface area contributed by atoms with Gasteiger partial charge in [-0.25, -0.2) is 0 Å². The van der Waals surface area contributed by atoms with Crippen molar-refractivity contribution in [2.45, 2.75) is 80.4 Å². The van der Waals surface area contributed by atoms with Crippen molar-refractivity contribution in [1.82, 2.24) is 0 Å². The molecule has 0 bridgehead atoms. The van der Waals surface area contributed by atoms with Gasteiger partial charge in [0.1, 0.15) is 11.5 Å². The van der Waals surface area contributed by atoms with Gasteiger partial charge in [-0.1, -0.05) is 28.1 Å². The molecule has 0 radical (unpaired) electrons. The van der Waals surface area contributed by atoms with Crippen molar-refractivity contribution >= 4 is 19.0 Å².